The van der Waals surface area contributed by atoms with E-state index in [0.717, 1.165) is 11.3 Å². The van der Waals surface area contributed by atoms with Crippen molar-refractivity contribution >= 4 is 6.03 Å². The Bertz CT molecular complexity index is 646. The van der Waals surface area contributed by atoms with Crippen LogP contribution in [0.3, 0.4) is 0 Å². The fourth-order valence-electron chi connectivity index (χ4n) is 2.11. The van der Waals surface area contributed by atoms with E-state index in [4.69, 9.17) is 4.74 Å². The van der Waals surface area contributed by atoms with Gasteiger partial charge in [-0.1, -0.05) is 30.3 Å². The van der Waals surface area contributed by atoms with Gasteiger partial charge in [-0.3, -0.25) is 0 Å². The van der Waals surface area contributed by atoms with E-state index in [-0.39, 0.29) is 11.8 Å². The Morgan fingerprint density at radius 1 is 1.09 bits per heavy atom. The molecule has 2 aromatic rings. The Morgan fingerprint density at radius 2 is 1.87 bits per heavy atom. The van der Waals surface area contributed by atoms with Crippen molar-refractivity contribution in [3.8, 4) is 5.75 Å². The number of rotatable bonds is 7. The Balaban J connectivity index is 1.59. The normalized spacial score (nSPS) is 10.2. The standard InChI is InChI=1S/C18H21FN2O2/c1-14-5-4-7-16(13-14)23-12-11-21-18(22)20-10-9-15-6-2-3-8-17(15)19/h2-8,13H,9-12H2,1H3,(H2,20,21,22). The summed E-state index contributed by atoms with van der Waals surface area (Å²) in [6, 6.07) is 14.0. The summed E-state index contributed by atoms with van der Waals surface area (Å²) in [6.45, 7) is 3.17. The van der Waals surface area contributed by atoms with Crippen molar-refractivity contribution in [2.45, 2.75) is 13.3 Å². The van der Waals surface area contributed by atoms with Crippen LogP contribution in [0.2, 0.25) is 0 Å². The number of hydrogen-bond acceptors (Lipinski definition) is 2. The number of hydrogen-bond donors (Lipinski definition) is 2. The lowest BCUT2D eigenvalue weighted by molar-refractivity contribution is 0.236. The summed E-state index contributed by atoms with van der Waals surface area (Å²) in [5.74, 6) is 0.535. The predicted molar refractivity (Wildman–Crippen MR) is 88.2 cm³/mol. The summed E-state index contributed by atoms with van der Waals surface area (Å²) in [4.78, 5) is 11.6. The van der Waals surface area contributed by atoms with Gasteiger partial charge in [-0.25, -0.2) is 9.18 Å². The van der Waals surface area contributed by atoms with E-state index in [1.54, 1.807) is 18.2 Å². The molecule has 4 nitrogen and oxygen atoms in total. The lowest BCUT2D eigenvalue weighted by Crippen LogP contribution is -2.38. The zero-order valence-electron chi connectivity index (χ0n) is 13.1. The fraction of sp³-hybridized carbons (Fsp3) is 0.278. The van der Waals surface area contributed by atoms with Crippen molar-refractivity contribution in [3.05, 3.63) is 65.5 Å². The first-order valence-corrected chi connectivity index (χ1v) is 7.60. The zero-order chi connectivity index (χ0) is 16.5. The molecule has 0 unspecified atom stereocenters. The molecule has 122 valence electrons. The van der Waals surface area contributed by atoms with Gasteiger partial charge >= 0.3 is 6.03 Å². The Kier molecular flexibility index (Phi) is 6.41. The van der Waals surface area contributed by atoms with Crippen LogP contribution in [0.4, 0.5) is 9.18 Å². The highest BCUT2D eigenvalue weighted by molar-refractivity contribution is 5.73. The van der Waals surface area contributed by atoms with Gasteiger partial charge < -0.3 is 15.4 Å². The van der Waals surface area contributed by atoms with Gasteiger partial charge in [0.2, 0.25) is 0 Å². The van der Waals surface area contributed by atoms with E-state index in [1.807, 2.05) is 31.2 Å². The largest absolute Gasteiger partial charge is 0.492 e. The molecule has 23 heavy (non-hydrogen) atoms. The Morgan fingerprint density at radius 3 is 2.65 bits per heavy atom. The highest BCUT2D eigenvalue weighted by Crippen LogP contribution is 2.11. The summed E-state index contributed by atoms with van der Waals surface area (Å²) in [7, 11) is 0. The van der Waals surface area contributed by atoms with E-state index in [2.05, 4.69) is 10.6 Å². The molecule has 0 aromatic heterocycles. The average molecular weight is 316 g/mol. The van der Waals surface area contributed by atoms with Crippen LogP contribution < -0.4 is 15.4 Å². The molecule has 0 saturated heterocycles. The lowest BCUT2D eigenvalue weighted by atomic mass is 10.1. The van der Waals surface area contributed by atoms with Gasteiger partial charge in [0.15, 0.2) is 0 Å². The molecule has 2 N–H and O–H groups in total. The molecule has 0 atom stereocenters. The molecule has 0 spiro atoms. The van der Waals surface area contributed by atoms with E-state index < -0.39 is 0 Å². The van der Waals surface area contributed by atoms with Crippen LogP contribution in [-0.2, 0) is 6.42 Å². The minimum Gasteiger partial charge on any atom is -0.492 e. The van der Waals surface area contributed by atoms with Crippen LogP contribution in [0.25, 0.3) is 0 Å². The molecule has 2 rings (SSSR count). The maximum absolute atomic E-state index is 13.4. The van der Waals surface area contributed by atoms with Crippen LogP contribution in [-0.4, -0.2) is 25.7 Å². The van der Waals surface area contributed by atoms with Crippen LogP contribution in [0, 0.1) is 12.7 Å². The average Bonchev–Trinajstić information content (AvgIpc) is 2.53. The Hall–Kier alpha value is -2.56. The van der Waals surface area contributed by atoms with Crippen molar-refractivity contribution in [3.63, 3.8) is 0 Å². The zero-order valence-corrected chi connectivity index (χ0v) is 13.1. The topological polar surface area (TPSA) is 50.4 Å². The number of halogens is 1. The first kappa shape index (κ1) is 16.8. The van der Waals surface area contributed by atoms with Crippen molar-refractivity contribution in [1.82, 2.24) is 10.6 Å². The maximum atomic E-state index is 13.4. The number of carbonyl (C=O) groups is 1. The van der Waals surface area contributed by atoms with Gasteiger partial charge in [-0.05, 0) is 42.7 Å². The van der Waals surface area contributed by atoms with Gasteiger partial charge in [0.25, 0.3) is 0 Å². The van der Waals surface area contributed by atoms with Gasteiger partial charge in [-0.2, -0.15) is 0 Å². The number of benzene rings is 2. The summed E-state index contributed by atoms with van der Waals surface area (Å²) in [5, 5.41) is 5.39. The minimum atomic E-state index is -0.283. The van der Waals surface area contributed by atoms with Gasteiger partial charge in [0.05, 0.1) is 6.54 Å². The molecule has 5 heteroatoms. The molecular weight excluding hydrogens is 295 g/mol. The molecule has 0 fully saturated rings. The lowest BCUT2D eigenvalue weighted by Gasteiger charge is -2.09. The number of amides is 2. The van der Waals surface area contributed by atoms with Crippen molar-refractivity contribution in [2.24, 2.45) is 0 Å². The smallest absolute Gasteiger partial charge is 0.314 e. The molecule has 0 aliphatic carbocycles. The molecular formula is C18H21FN2O2. The third kappa shape index (κ3) is 5.98. The van der Waals surface area contributed by atoms with Crippen molar-refractivity contribution < 1.29 is 13.9 Å². The summed E-state index contributed by atoms with van der Waals surface area (Å²) >= 11 is 0. The fourth-order valence-corrected chi connectivity index (χ4v) is 2.11. The van der Waals surface area contributed by atoms with Gasteiger partial charge in [-0.15, -0.1) is 0 Å². The van der Waals surface area contributed by atoms with Crippen molar-refractivity contribution in [1.29, 1.82) is 0 Å². The van der Waals surface area contributed by atoms with Crippen LogP contribution in [0.5, 0.6) is 5.75 Å². The van der Waals surface area contributed by atoms with Crippen LogP contribution in [0.1, 0.15) is 11.1 Å². The van der Waals surface area contributed by atoms with Crippen LogP contribution in [0.15, 0.2) is 48.5 Å². The summed E-state index contributed by atoms with van der Waals surface area (Å²) < 4.78 is 18.9. The molecule has 2 aromatic carbocycles. The summed E-state index contributed by atoms with van der Waals surface area (Å²) in [5.41, 5.74) is 1.72. The van der Waals surface area contributed by atoms with E-state index >= 15 is 0 Å². The third-order valence-corrected chi connectivity index (χ3v) is 3.28. The van der Waals surface area contributed by atoms with Gasteiger partial charge in [0.1, 0.15) is 18.2 Å². The first-order chi connectivity index (χ1) is 11.1. The second kappa shape index (κ2) is 8.78. The molecule has 0 radical (unpaired) electrons. The first-order valence-electron chi connectivity index (χ1n) is 7.60. The highest BCUT2D eigenvalue weighted by atomic mass is 19.1. The predicted octanol–water partition coefficient (Wildman–Crippen LogP) is 3.05. The number of aryl methyl sites for hydroxylation is 1. The van der Waals surface area contributed by atoms with Crippen molar-refractivity contribution in [2.75, 3.05) is 19.7 Å². The molecule has 2 amide bonds. The molecule has 0 heterocycles. The number of nitrogens with one attached hydrogen (secondary N) is 2. The highest BCUT2D eigenvalue weighted by Gasteiger charge is 2.03. The quantitative estimate of drug-likeness (QED) is 0.771. The van der Waals surface area contributed by atoms with E-state index in [0.29, 0.717) is 31.7 Å². The van der Waals surface area contributed by atoms with Crippen LogP contribution >= 0.6 is 0 Å². The minimum absolute atomic E-state index is 0.249. The van der Waals surface area contributed by atoms with Gasteiger partial charge in [0, 0.05) is 6.54 Å². The van der Waals surface area contributed by atoms with E-state index in [1.165, 1.54) is 6.07 Å². The molecule has 0 aliphatic heterocycles. The maximum Gasteiger partial charge on any atom is 0.314 e. The second-order valence-electron chi connectivity index (χ2n) is 5.19. The SMILES string of the molecule is Cc1cccc(OCCNC(=O)NCCc2ccccc2F)c1. The summed E-state index contributed by atoms with van der Waals surface area (Å²) in [6.07, 6.45) is 0.458. The molecule has 0 bridgehead atoms. The number of carbonyl (C=O) groups excluding carboxylic acids is 1. The molecule has 0 aliphatic rings. The molecule has 0 saturated carbocycles. The Labute approximate surface area is 135 Å². The number of urea groups is 1. The third-order valence-electron chi connectivity index (χ3n) is 3.28. The number of ether oxygens (including phenoxy) is 1. The second-order valence-corrected chi connectivity index (χ2v) is 5.19. The monoisotopic (exact) mass is 316 g/mol. The van der Waals surface area contributed by atoms with E-state index in [9.17, 15) is 9.18 Å².